The molecule has 1 N–H and O–H groups in total. The van der Waals surface area contributed by atoms with Crippen LogP contribution in [-0.2, 0) is 14.3 Å². The zero-order chi connectivity index (χ0) is 14.4. The van der Waals surface area contributed by atoms with Gasteiger partial charge in [0.2, 0.25) is 0 Å². The minimum Gasteiger partial charge on any atom is -0.456 e. The van der Waals surface area contributed by atoms with Crippen LogP contribution in [0.2, 0.25) is 5.02 Å². The average Bonchev–Trinajstić information content (AvgIpc) is 2.38. The molecule has 1 aromatic carbocycles. The van der Waals surface area contributed by atoms with E-state index in [-0.39, 0.29) is 22.8 Å². The summed E-state index contributed by atoms with van der Waals surface area (Å²) in [7, 11) is 0. The molecule has 19 heavy (non-hydrogen) atoms. The summed E-state index contributed by atoms with van der Waals surface area (Å²) in [4.78, 5) is 32.2. The highest BCUT2D eigenvalue weighted by molar-refractivity contribution is 6.34. The number of nitrogens with one attached hydrogen (secondary N) is 1. The number of amides is 1. The number of nitro groups is 1. The van der Waals surface area contributed by atoms with Gasteiger partial charge in [-0.3, -0.25) is 19.7 Å². The molecular formula is C11H11ClN2O5. The maximum Gasteiger partial charge on any atom is 0.306 e. The highest BCUT2D eigenvalue weighted by Crippen LogP contribution is 2.26. The Morgan fingerprint density at radius 2 is 2.16 bits per heavy atom. The van der Waals surface area contributed by atoms with Gasteiger partial charge in [0.1, 0.15) is 0 Å². The second-order valence-electron chi connectivity index (χ2n) is 3.48. The number of carbonyl (C=O) groups is 2. The number of nitro benzene ring substituents is 1. The van der Waals surface area contributed by atoms with Gasteiger partial charge in [0, 0.05) is 18.6 Å². The fourth-order valence-electron chi connectivity index (χ4n) is 1.15. The summed E-state index contributed by atoms with van der Waals surface area (Å²) in [6.07, 6.45) is 0.172. The molecule has 0 aliphatic heterocycles. The van der Waals surface area contributed by atoms with Gasteiger partial charge in [-0.25, -0.2) is 0 Å². The van der Waals surface area contributed by atoms with Crippen LogP contribution < -0.4 is 5.32 Å². The van der Waals surface area contributed by atoms with Crippen molar-refractivity contribution in [1.82, 2.24) is 0 Å². The average molecular weight is 287 g/mol. The number of nitrogens with zero attached hydrogens (tertiary/aromatic N) is 1. The second kappa shape index (κ2) is 6.69. The topological polar surface area (TPSA) is 98.5 Å². The van der Waals surface area contributed by atoms with Crippen molar-refractivity contribution in [1.29, 1.82) is 0 Å². The van der Waals surface area contributed by atoms with E-state index in [2.05, 4.69) is 10.1 Å². The van der Waals surface area contributed by atoms with Crippen LogP contribution in [0.5, 0.6) is 0 Å². The van der Waals surface area contributed by atoms with Crippen molar-refractivity contribution in [3.8, 4) is 0 Å². The van der Waals surface area contributed by atoms with E-state index in [4.69, 9.17) is 11.6 Å². The van der Waals surface area contributed by atoms with Crippen LogP contribution >= 0.6 is 11.6 Å². The lowest BCUT2D eigenvalue weighted by molar-refractivity contribution is -0.384. The number of anilines is 1. The smallest absolute Gasteiger partial charge is 0.306 e. The number of hydrogen-bond acceptors (Lipinski definition) is 5. The number of hydrogen-bond donors (Lipinski definition) is 1. The molecule has 0 radical (unpaired) electrons. The minimum absolute atomic E-state index is 0.0318. The molecule has 102 valence electrons. The molecule has 0 saturated heterocycles. The molecule has 0 fully saturated rings. The molecule has 0 aliphatic carbocycles. The van der Waals surface area contributed by atoms with E-state index in [1.807, 2.05) is 0 Å². The fourth-order valence-corrected chi connectivity index (χ4v) is 1.38. The first kappa shape index (κ1) is 14.9. The highest BCUT2D eigenvalue weighted by atomic mass is 35.5. The summed E-state index contributed by atoms with van der Waals surface area (Å²) in [6.45, 7) is 1.17. The van der Waals surface area contributed by atoms with Crippen LogP contribution in [0.25, 0.3) is 0 Å². The van der Waals surface area contributed by atoms with Crippen LogP contribution in [-0.4, -0.2) is 23.4 Å². The molecule has 7 nitrogen and oxygen atoms in total. The van der Waals surface area contributed by atoms with Gasteiger partial charge in [-0.15, -0.1) is 0 Å². The number of ether oxygens (including phenoxy) is 1. The minimum atomic E-state index is -0.597. The van der Waals surface area contributed by atoms with Crippen molar-refractivity contribution in [2.24, 2.45) is 0 Å². The zero-order valence-electron chi connectivity index (χ0n) is 10.0. The molecule has 0 heterocycles. The summed E-state index contributed by atoms with van der Waals surface area (Å²) in [5.41, 5.74) is 0.0326. The predicted octanol–water partition coefficient (Wildman–Crippen LogP) is 2.14. The Balaban J connectivity index is 2.64. The first-order valence-electron chi connectivity index (χ1n) is 5.33. The summed E-state index contributed by atoms with van der Waals surface area (Å²) in [5, 5.41) is 12.9. The van der Waals surface area contributed by atoms with Crippen molar-refractivity contribution in [2.45, 2.75) is 13.3 Å². The third kappa shape index (κ3) is 4.55. The summed E-state index contributed by atoms with van der Waals surface area (Å²) < 4.78 is 4.62. The van der Waals surface area contributed by atoms with Gasteiger partial charge in [0.05, 0.1) is 15.6 Å². The van der Waals surface area contributed by atoms with Crippen LogP contribution in [0.3, 0.4) is 0 Å². The molecule has 1 rings (SSSR count). The Morgan fingerprint density at radius 3 is 2.68 bits per heavy atom. The Bertz CT molecular complexity index is 518. The molecule has 0 bridgehead atoms. The van der Waals surface area contributed by atoms with Crippen molar-refractivity contribution in [3.63, 3.8) is 0 Å². The van der Waals surface area contributed by atoms with E-state index in [9.17, 15) is 19.7 Å². The Labute approximate surface area is 113 Å². The van der Waals surface area contributed by atoms with Crippen molar-refractivity contribution >= 4 is 34.9 Å². The van der Waals surface area contributed by atoms with Crippen molar-refractivity contribution in [3.05, 3.63) is 33.3 Å². The van der Waals surface area contributed by atoms with Gasteiger partial charge in [-0.05, 0) is 6.07 Å². The number of esters is 1. The molecule has 0 saturated carbocycles. The number of halogens is 1. The van der Waals surface area contributed by atoms with Gasteiger partial charge in [0.15, 0.2) is 6.61 Å². The SMILES string of the molecule is CCC(=O)OCC(=O)Nc1ccc([N+](=O)[O-])cc1Cl. The van der Waals surface area contributed by atoms with Crippen molar-refractivity contribution in [2.75, 3.05) is 11.9 Å². The van der Waals surface area contributed by atoms with E-state index in [1.165, 1.54) is 12.1 Å². The fraction of sp³-hybridized carbons (Fsp3) is 0.273. The lowest BCUT2D eigenvalue weighted by Crippen LogP contribution is -2.20. The first-order valence-corrected chi connectivity index (χ1v) is 5.71. The summed E-state index contributed by atoms with van der Waals surface area (Å²) in [5.74, 6) is -1.07. The molecule has 0 aromatic heterocycles. The van der Waals surface area contributed by atoms with Crippen LogP contribution in [0.4, 0.5) is 11.4 Å². The maximum atomic E-state index is 11.4. The first-order chi connectivity index (χ1) is 8.93. The van der Waals surface area contributed by atoms with Gasteiger partial charge in [-0.2, -0.15) is 0 Å². The molecule has 1 aromatic rings. The third-order valence-electron chi connectivity index (χ3n) is 2.09. The maximum absolute atomic E-state index is 11.4. The monoisotopic (exact) mass is 286 g/mol. The predicted molar refractivity (Wildman–Crippen MR) is 68.0 cm³/mol. The number of carbonyl (C=O) groups excluding carboxylic acids is 2. The highest BCUT2D eigenvalue weighted by Gasteiger charge is 2.12. The molecule has 0 aliphatic rings. The Hall–Kier alpha value is -2.15. The lowest BCUT2D eigenvalue weighted by atomic mass is 10.3. The van der Waals surface area contributed by atoms with Gasteiger partial charge < -0.3 is 10.1 Å². The van der Waals surface area contributed by atoms with Crippen molar-refractivity contribution < 1.29 is 19.2 Å². The van der Waals surface area contributed by atoms with E-state index in [0.29, 0.717) is 0 Å². The van der Waals surface area contributed by atoms with Gasteiger partial charge in [-0.1, -0.05) is 18.5 Å². The van der Waals surface area contributed by atoms with Crippen LogP contribution in [0.15, 0.2) is 18.2 Å². The third-order valence-corrected chi connectivity index (χ3v) is 2.40. The second-order valence-corrected chi connectivity index (χ2v) is 3.89. The molecule has 1 amide bonds. The zero-order valence-corrected chi connectivity index (χ0v) is 10.8. The van der Waals surface area contributed by atoms with E-state index in [1.54, 1.807) is 6.92 Å². The normalized spacial score (nSPS) is 9.79. The summed E-state index contributed by atoms with van der Waals surface area (Å²) in [6, 6.07) is 3.63. The van der Waals surface area contributed by atoms with E-state index in [0.717, 1.165) is 6.07 Å². The number of rotatable bonds is 5. The van der Waals surface area contributed by atoms with E-state index < -0.39 is 23.4 Å². The quantitative estimate of drug-likeness (QED) is 0.508. The molecule has 0 spiro atoms. The van der Waals surface area contributed by atoms with Gasteiger partial charge in [0.25, 0.3) is 11.6 Å². The van der Waals surface area contributed by atoms with Crippen LogP contribution in [0.1, 0.15) is 13.3 Å². The summed E-state index contributed by atoms with van der Waals surface area (Å²) >= 11 is 5.78. The van der Waals surface area contributed by atoms with Gasteiger partial charge >= 0.3 is 5.97 Å². The molecular weight excluding hydrogens is 276 g/mol. The lowest BCUT2D eigenvalue weighted by Gasteiger charge is -2.07. The molecule has 8 heteroatoms. The largest absolute Gasteiger partial charge is 0.456 e. The number of non-ortho nitro benzene ring substituents is 1. The molecule has 0 atom stereocenters. The molecule has 0 unspecified atom stereocenters. The Morgan fingerprint density at radius 1 is 1.47 bits per heavy atom. The number of benzene rings is 1. The standard InChI is InChI=1S/C11H11ClN2O5/c1-2-11(16)19-6-10(15)13-9-4-3-7(14(17)18)5-8(9)12/h3-5H,2,6H2,1H3,(H,13,15). The van der Waals surface area contributed by atoms with Crippen LogP contribution in [0, 0.1) is 10.1 Å². The van der Waals surface area contributed by atoms with E-state index >= 15 is 0 Å². The Kier molecular flexibility index (Phi) is 5.25.